The highest BCUT2D eigenvalue weighted by Gasteiger charge is 2.38. The fourth-order valence-corrected chi connectivity index (χ4v) is 6.20. The topological polar surface area (TPSA) is 85.9 Å². The molecule has 0 aliphatic carbocycles. The van der Waals surface area contributed by atoms with E-state index in [9.17, 15) is 18.0 Å². The molecule has 0 spiro atoms. The molecule has 2 N–H and O–H groups in total. The summed E-state index contributed by atoms with van der Waals surface area (Å²) in [7, 11) is 2.21. The van der Waals surface area contributed by atoms with Gasteiger partial charge in [0, 0.05) is 62.4 Å². The van der Waals surface area contributed by atoms with Crippen molar-refractivity contribution in [2.75, 3.05) is 68.5 Å². The fourth-order valence-electron chi connectivity index (χ4n) is 6.20. The van der Waals surface area contributed by atoms with Crippen LogP contribution < -0.4 is 15.5 Å². The number of anilines is 4. The zero-order chi connectivity index (χ0) is 30.1. The highest BCUT2D eigenvalue weighted by atomic mass is 19.4. The summed E-state index contributed by atoms with van der Waals surface area (Å²) in [5, 5.41) is 5.99. The SMILES string of the molecule is CCc1cc(N2C[C@H]3CC[C@@H](C2)N3C)ccc1Nc1ncc(C(F)(F)F)c(NCCCN2CCOCC(C)(C)C2=O)n1. The van der Waals surface area contributed by atoms with Crippen LogP contribution in [0.25, 0.3) is 0 Å². The minimum Gasteiger partial charge on any atom is -0.379 e. The normalized spacial score (nSPS) is 22.8. The van der Waals surface area contributed by atoms with Crippen LogP contribution in [0.1, 0.15) is 51.2 Å². The third kappa shape index (κ3) is 6.59. The molecule has 9 nitrogen and oxygen atoms in total. The third-order valence-electron chi connectivity index (χ3n) is 8.75. The first-order chi connectivity index (χ1) is 20.0. The number of nitrogens with one attached hydrogen (secondary N) is 2. The van der Waals surface area contributed by atoms with E-state index in [0.29, 0.717) is 44.8 Å². The molecule has 3 fully saturated rings. The second-order valence-corrected chi connectivity index (χ2v) is 12.2. The van der Waals surface area contributed by atoms with Gasteiger partial charge in [-0.25, -0.2) is 4.98 Å². The molecular formula is C30H42F3N7O2. The van der Waals surface area contributed by atoms with Gasteiger partial charge < -0.3 is 25.2 Å². The minimum absolute atomic E-state index is 0.0118. The molecule has 12 heteroatoms. The summed E-state index contributed by atoms with van der Waals surface area (Å²) in [6.07, 6.45) is -0.135. The molecule has 0 radical (unpaired) electrons. The maximum absolute atomic E-state index is 13.8. The molecule has 42 heavy (non-hydrogen) atoms. The van der Waals surface area contributed by atoms with Crippen molar-refractivity contribution in [3.8, 4) is 0 Å². The molecular weight excluding hydrogens is 547 g/mol. The monoisotopic (exact) mass is 589 g/mol. The van der Waals surface area contributed by atoms with E-state index in [4.69, 9.17) is 4.74 Å². The smallest absolute Gasteiger partial charge is 0.379 e. The van der Waals surface area contributed by atoms with Crippen LogP contribution in [0.4, 0.5) is 36.3 Å². The van der Waals surface area contributed by atoms with Crippen molar-refractivity contribution in [2.24, 2.45) is 5.41 Å². The Balaban J connectivity index is 1.26. The maximum atomic E-state index is 13.8. The van der Waals surface area contributed by atoms with Gasteiger partial charge in [-0.1, -0.05) is 6.92 Å². The van der Waals surface area contributed by atoms with Crippen LogP contribution in [-0.4, -0.2) is 90.7 Å². The number of likely N-dealkylation sites (N-methyl/N-ethyl adjacent to an activating group) is 1. The average Bonchev–Trinajstić information content (AvgIpc) is 3.09. The number of carbonyl (C=O) groups excluding carboxylic acids is 1. The molecule has 230 valence electrons. The van der Waals surface area contributed by atoms with E-state index in [2.05, 4.69) is 56.5 Å². The van der Waals surface area contributed by atoms with E-state index < -0.39 is 17.2 Å². The van der Waals surface area contributed by atoms with Gasteiger partial charge >= 0.3 is 6.18 Å². The van der Waals surface area contributed by atoms with Crippen LogP contribution >= 0.6 is 0 Å². The molecule has 2 aromatic rings. The van der Waals surface area contributed by atoms with Crippen molar-refractivity contribution in [2.45, 2.75) is 64.7 Å². The summed E-state index contributed by atoms with van der Waals surface area (Å²) in [5.74, 6) is -0.206. The summed E-state index contributed by atoms with van der Waals surface area (Å²) in [6, 6.07) is 7.33. The summed E-state index contributed by atoms with van der Waals surface area (Å²) >= 11 is 0. The maximum Gasteiger partial charge on any atom is 0.421 e. The van der Waals surface area contributed by atoms with Crippen LogP contribution in [0, 0.1) is 5.41 Å². The van der Waals surface area contributed by atoms with Gasteiger partial charge in [0.05, 0.1) is 18.6 Å². The molecule has 4 heterocycles. The van der Waals surface area contributed by atoms with Gasteiger partial charge in [0.1, 0.15) is 11.4 Å². The van der Waals surface area contributed by atoms with Gasteiger partial charge in [-0.05, 0) is 70.3 Å². The Bertz CT molecular complexity index is 1260. The van der Waals surface area contributed by atoms with Gasteiger partial charge in [0.15, 0.2) is 0 Å². The van der Waals surface area contributed by atoms with Crippen molar-refractivity contribution in [3.05, 3.63) is 35.5 Å². The van der Waals surface area contributed by atoms with Crippen molar-refractivity contribution in [1.82, 2.24) is 19.8 Å². The van der Waals surface area contributed by atoms with Crippen LogP contribution in [0.15, 0.2) is 24.4 Å². The molecule has 1 aromatic carbocycles. The lowest BCUT2D eigenvalue weighted by Crippen LogP contribution is -2.52. The van der Waals surface area contributed by atoms with E-state index in [1.165, 1.54) is 12.8 Å². The van der Waals surface area contributed by atoms with Gasteiger partial charge in [0.2, 0.25) is 11.9 Å². The average molecular weight is 590 g/mol. The number of carbonyl (C=O) groups is 1. The number of halogens is 3. The predicted molar refractivity (Wildman–Crippen MR) is 157 cm³/mol. The minimum atomic E-state index is -4.61. The Hall–Kier alpha value is -3.12. The number of hydrogen-bond acceptors (Lipinski definition) is 8. The number of benzene rings is 1. The zero-order valence-electron chi connectivity index (χ0n) is 24.9. The quantitative estimate of drug-likeness (QED) is 0.405. The third-order valence-corrected chi connectivity index (χ3v) is 8.75. The van der Waals surface area contributed by atoms with Crippen molar-refractivity contribution in [1.29, 1.82) is 0 Å². The fraction of sp³-hybridized carbons (Fsp3) is 0.633. The largest absolute Gasteiger partial charge is 0.421 e. The second-order valence-electron chi connectivity index (χ2n) is 12.2. The zero-order valence-corrected chi connectivity index (χ0v) is 24.9. The first-order valence-electron chi connectivity index (χ1n) is 14.9. The van der Waals surface area contributed by atoms with Gasteiger partial charge in [0.25, 0.3) is 0 Å². The first kappa shape index (κ1) is 30.3. The summed E-state index contributed by atoms with van der Waals surface area (Å²) in [5.41, 5.74) is 1.43. The van der Waals surface area contributed by atoms with Crippen LogP contribution in [0.3, 0.4) is 0 Å². The highest BCUT2D eigenvalue weighted by Crippen LogP contribution is 2.36. The van der Waals surface area contributed by atoms with Crippen LogP contribution in [0.2, 0.25) is 0 Å². The predicted octanol–water partition coefficient (Wildman–Crippen LogP) is 4.77. The Morgan fingerprint density at radius 3 is 2.60 bits per heavy atom. The molecule has 2 bridgehead atoms. The van der Waals surface area contributed by atoms with Crippen molar-refractivity contribution in [3.63, 3.8) is 0 Å². The first-order valence-corrected chi connectivity index (χ1v) is 14.9. The standard InChI is InChI=1S/C30H42F3N7O2/c1-5-20-15-21(40-17-22-7-8-23(18-40)38(22)4)9-10-25(20)36-28-35-16-24(30(31,32)33)26(37-28)34-11-6-12-39-13-14-42-19-29(2,3)27(39)41/h9-10,15-16,22-23H,5-8,11-14,17-19H2,1-4H3,(H2,34,35,36,37)/t22-,23+. The Morgan fingerprint density at radius 1 is 1.17 bits per heavy atom. The van der Waals surface area contributed by atoms with E-state index in [0.717, 1.165) is 42.6 Å². The molecule has 2 atom stereocenters. The number of hydrogen-bond donors (Lipinski definition) is 2. The van der Waals surface area contributed by atoms with E-state index in [-0.39, 0.29) is 24.2 Å². The number of aryl methyl sites for hydroxylation is 1. The molecule has 0 unspecified atom stereocenters. The lowest BCUT2D eigenvalue weighted by molar-refractivity contribution is -0.140. The van der Waals surface area contributed by atoms with Gasteiger partial charge in [-0.2, -0.15) is 18.2 Å². The Labute approximate surface area is 245 Å². The van der Waals surface area contributed by atoms with E-state index >= 15 is 0 Å². The van der Waals surface area contributed by atoms with Gasteiger partial charge in [-0.3, -0.25) is 9.69 Å². The molecule has 1 aromatic heterocycles. The number of alkyl halides is 3. The number of piperazine rings is 1. The molecule has 3 aliphatic rings. The molecule has 3 aliphatic heterocycles. The van der Waals surface area contributed by atoms with E-state index in [1.807, 2.05) is 19.9 Å². The number of aromatic nitrogens is 2. The molecule has 1 amide bonds. The number of ether oxygens (including phenoxy) is 1. The number of fused-ring (bicyclic) bond motifs is 2. The van der Waals surface area contributed by atoms with Crippen molar-refractivity contribution >= 4 is 29.0 Å². The summed E-state index contributed by atoms with van der Waals surface area (Å²) in [6.45, 7) is 9.62. The summed E-state index contributed by atoms with van der Waals surface area (Å²) in [4.78, 5) is 27.7. The van der Waals surface area contributed by atoms with Crippen LogP contribution in [0.5, 0.6) is 0 Å². The van der Waals surface area contributed by atoms with Crippen molar-refractivity contribution < 1.29 is 22.7 Å². The number of rotatable bonds is 9. The number of nitrogens with zero attached hydrogens (tertiary/aromatic N) is 5. The number of amides is 1. The van der Waals surface area contributed by atoms with Gasteiger partial charge in [-0.15, -0.1) is 0 Å². The molecule has 5 rings (SSSR count). The second kappa shape index (κ2) is 12.2. The molecule has 3 saturated heterocycles. The lowest BCUT2D eigenvalue weighted by Gasteiger charge is -2.40. The molecule has 0 saturated carbocycles. The summed E-state index contributed by atoms with van der Waals surface area (Å²) < 4.78 is 46.9. The van der Waals surface area contributed by atoms with E-state index in [1.54, 1.807) is 4.90 Å². The highest BCUT2D eigenvalue weighted by molar-refractivity contribution is 5.82. The Kier molecular flexibility index (Phi) is 8.84. The Morgan fingerprint density at radius 2 is 1.90 bits per heavy atom. The van der Waals surface area contributed by atoms with Crippen LogP contribution in [-0.2, 0) is 22.1 Å². The lowest BCUT2D eigenvalue weighted by atomic mass is 9.93.